The highest BCUT2D eigenvalue weighted by Gasteiger charge is 2.37. The topological polar surface area (TPSA) is 84.9 Å². The molecule has 0 radical (unpaired) electrons. The number of ether oxygens (including phenoxy) is 2. The molecule has 4 rings (SSSR count). The third kappa shape index (κ3) is 5.77. The Bertz CT molecular complexity index is 1260. The molecule has 184 valence electrons. The molecule has 1 aliphatic rings. The molecule has 0 fully saturated rings. The van der Waals surface area contributed by atoms with Gasteiger partial charge in [-0.3, -0.25) is 9.10 Å². The van der Waals surface area contributed by atoms with E-state index in [1.807, 2.05) is 37.3 Å². The summed E-state index contributed by atoms with van der Waals surface area (Å²) in [6.45, 7) is 4.44. The number of rotatable bonds is 9. The van der Waals surface area contributed by atoms with E-state index in [0.717, 1.165) is 24.2 Å². The van der Waals surface area contributed by atoms with Gasteiger partial charge in [0.25, 0.3) is 15.9 Å². The lowest BCUT2D eigenvalue weighted by molar-refractivity contribution is -0.127. The zero-order chi connectivity index (χ0) is 24.8. The van der Waals surface area contributed by atoms with Crippen LogP contribution in [0.4, 0.5) is 5.69 Å². The van der Waals surface area contributed by atoms with Crippen molar-refractivity contribution in [1.82, 2.24) is 5.32 Å². The van der Waals surface area contributed by atoms with Crippen LogP contribution >= 0.6 is 0 Å². The van der Waals surface area contributed by atoms with Gasteiger partial charge in [-0.15, -0.1) is 0 Å². The smallest absolute Gasteiger partial charge is 0.264 e. The summed E-state index contributed by atoms with van der Waals surface area (Å²) in [5.41, 5.74) is 2.57. The van der Waals surface area contributed by atoms with E-state index in [1.165, 1.54) is 9.87 Å². The first-order valence-corrected chi connectivity index (χ1v) is 13.2. The largest absolute Gasteiger partial charge is 0.492 e. The summed E-state index contributed by atoms with van der Waals surface area (Å²) in [5, 5.41) is 2.80. The minimum Gasteiger partial charge on any atom is -0.492 e. The van der Waals surface area contributed by atoms with Crippen LogP contribution in [0.25, 0.3) is 0 Å². The van der Waals surface area contributed by atoms with Crippen LogP contribution in [0.1, 0.15) is 24.5 Å². The molecule has 1 aliphatic heterocycles. The third-order valence-electron chi connectivity index (χ3n) is 5.74. The quantitative estimate of drug-likeness (QED) is 0.453. The Morgan fingerprint density at radius 2 is 1.83 bits per heavy atom. The molecule has 0 bridgehead atoms. The molecule has 1 unspecified atom stereocenters. The number of carbonyl (C=O) groups excluding carboxylic acids is 1. The lowest BCUT2D eigenvalue weighted by Crippen LogP contribution is -2.51. The van der Waals surface area contributed by atoms with Crippen LogP contribution in [-0.4, -0.2) is 40.1 Å². The second-order valence-electron chi connectivity index (χ2n) is 8.46. The molecule has 0 aromatic heterocycles. The van der Waals surface area contributed by atoms with Gasteiger partial charge >= 0.3 is 0 Å². The molecule has 8 heteroatoms. The maximum atomic E-state index is 13.4. The molecule has 3 aromatic rings. The molecule has 1 atom stereocenters. The maximum absolute atomic E-state index is 13.4. The van der Waals surface area contributed by atoms with E-state index < -0.39 is 22.0 Å². The Kier molecular flexibility index (Phi) is 7.60. The van der Waals surface area contributed by atoms with Gasteiger partial charge in [0, 0.05) is 0 Å². The number of nitrogens with one attached hydrogen (secondary N) is 1. The number of amides is 1. The number of hydrogen-bond donors (Lipinski definition) is 1. The van der Waals surface area contributed by atoms with Crippen LogP contribution in [0, 0.1) is 6.92 Å². The number of benzene rings is 3. The third-order valence-corrected chi connectivity index (χ3v) is 7.53. The van der Waals surface area contributed by atoms with Crippen molar-refractivity contribution >= 4 is 21.6 Å². The average molecular weight is 495 g/mol. The predicted molar refractivity (Wildman–Crippen MR) is 136 cm³/mol. The molecule has 0 saturated heterocycles. The first kappa shape index (κ1) is 24.6. The van der Waals surface area contributed by atoms with E-state index in [-0.39, 0.29) is 24.6 Å². The van der Waals surface area contributed by atoms with Crippen LogP contribution < -0.4 is 19.1 Å². The summed E-state index contributed by atoms with van der Waals surface area (Å²) >= 11 is 0. The van der Waals surface area contributed by atoms with Crippen LogP contribution in [0.3, 0.4) is 0 Å². The highest BCUT2D eigenvalue weighted by Crippen LogP contribution is 2.37. The number of hydrogen-bond acceptors (Lipinski definition) is 5. The van der Waals surface area contributed by atoms with Crippen molar-refractivity contribution in [3.63, 3.8) is 0 Å². The molecule has 3 aromatic carbocycles. The first-order chi connectivity index (χ1) is 16.9. The van der Waals surface area contributed by atoms with Crippen molar-refractivity contribution in [2.75, 3.05) is 24.0 Å². The van der Waals surface area contributed by atoms with Gasteiger partial charge in [-0.25, -0.2) is 8.42 Å². The second-order valence-corrected chi connectivity index (χ2v) is 10.3. The summed E-state index contributed by atoms with van der Waals surface area (Å²) < 4.78 is 39.7. The fraction of sp³-hybridized carbons (Fsp3) is 0.296. The number of carbonyl (C=O) groups is 1. The monoisotopic (exact) mass is 494 g/mol. The van der Waals surface area contributed by atoms with Crippen molar-refractivity contribution in [3.05, 3.63) is 83.9 Å². The van der Waals surface area contributed by atoms with Gasteiger partial charge in [-0.1, -0.05) is 49.7 Å². The molecule has 0 saturated carbocycles. The highest BCUT2D eigenvalue weighted by atomic mass is 32.2. The van der Waals surface area contributed by atoms with Crippen LogP contribution in [-0.2, 0) is 21.2 Å². The standard InChI is InChI=1S/C27H30N2O5S/c1-3-7-21-11-13-22(14-12-21)33-17-16-28-27(30)26-19-29(24-18-20(2)10-15-25(24)34-26)35(31,32)23-8-5-4-6-9-23/h4-6,8-15,18,26H,3,7,16-17,19H2,1-2H3,(H,28,30). The molecule has 0 aliphatic carbocycles. The first-order valence-electron chi connectivity index (χ1n) is 11.7. The van der Waals surface area contributed by atoms with Crippen molar-refractivity contribution < 1.29 is 22.7 Å². The molecule has 7 nitrogen and oxygen atoms in total. The van der Waals surface area contributed by atoms with Gasteiger partial charge in [0.05, 0.1) is 23.7 Å². The number of sulfonamides is 1. The predicted octanol–water partition coefficient (Wildman–Crippen LogP) is 4.10. The highest BCUT2D eigenvalue weighted by molar-refractivity contribution is 7.92. The normalized spacial score (nSPS) is 15.1. The summed E-state index contributed by atoms with van der Waals surface area (Å²) in [4.78, 5) is 13.1. The van der Waals surface area contributed by atoms with E-state index in [4.69, 9.17) is 9.47 Å². The van der Waals surface area contributed by atoms with Gasteiger partial charge in [-0.05, 0) is 60.9 Å². The Balaban J connectivity index is 1.42. The lowest BCUT2D eigenvalue weighted by atomic mass is 10.1. The molecule has 35 heavy (non-hydrogen) atoms. The van der Waals surface area contributed by atoms with Crippen LogP contribution in [0.15, 0.2) is 77.7 Å². The molecular formula is C27H30N2O5S. The maximum Gasteiger partial charge on any atom is 0.264 e. The average Bonchev–Trinajstić information content (AvgIpc) is 2.87. The summed E-state index contributed by atoms with van der Waals surface area (Å²) in [5.74, 6) is 0.689. The van der Waals surface area contributed by atoms with E-state index in [2.05, 4.69) is 12.2 Å². The van der Waals surface area contributed by atoms with Crippen LogP contribution in [0.5, 0.6) is 11.5 Å². The Hall–Kier alpha value is -3.52. The van der Waals surface area contributed by atoms with Gasteiger partial charge < -0.3 is 14.8 Å². The van der Waals surface area contributed by atoms with Crippen molar-refractivity contribution in [1.29, 1.82) is 0 Å². The summed E-state index contributed by atoms with van der Waals surface area (Å²) in [6, 6.07) is 21.4. The van der Waals surface area contributed by atoms with E-state index in [1.54, 1.807) is 42.5 Å². The van der Waals surface area contributed by atoms with E-state index in [0.29, 0.717) is 11.4 Å². The molecular weight excluding hydrogens is 464 g/mol. The van der Waals surface area contributed by atoms with E-state index in [9.17, 15) is 13.2 Å². The molecule has 1 heterocycles. The fourth-order valence-corrected chi connectivity index (χ4v) is 5.43. The lowest BCUT2D eigenvalue weighted by Gasteiger charge is -2.35. The number of nitrogens with zero attached hydrogens (tertiary/aromatic N) is 1. The fourth-order valence-electron chi connectivity index (χ4n) is 3.94. The Morgan fingerprint density at radius 3 is 2.54 bits per heavy atom. The van der Waals surface area contributed by atoms with Gasteiger partial charge in [0.1, 0.15) is 18.1 Å². The van der Waals surface area contributed by atoms with Crippen molar-refractivity contribution in [2.45, 2.75) is 37.7 Å². The molecule has 1 amide bonds. The summed E-state index contributed by atoms with van der Waals surface area (Å²) in [7, 11) is -3.88. The second kappa shape index (κ2) is 10.8. The number of anilines is 1. The molecule has 0 spiro atoms. The van der Waals surface area contributed by atoms with Crippen LogP contribution in [0.2, 0.25) is 0 Å². The Labute approximate surface area is 206 Å². The van der Waals surface area contributed by atoms with Crippen molar-refractivity contribution in [2.24, 2.45) is 0 Å². The SMILES string of the molecule is CCCc1ccc(OCCNC(=O)C2CN(S(=O)(=O)c3ccccc3)c3cc(C)ccc3O2)cc1. The Morgan fingerprint density at radius 1 is 1.09 bits per heavy atom. The summed E-state index contributed by atoms with van der Waals surface area (Å²) in [6.07, 6.45) is 1.12. The molecule has 1 N–H and O–H groups in total. The van der Waals surface area contributed by atoms with Gasteiger partial charge in [-0.2, -0.15) is 0 Å². The minimum atomic E-state index is -3.88. The number of fused-ring (bicyclic) bond motifs is 1. The van der Waals surface area contributed by atoms with Gasteiger partial charge in [0.15, 0.2) is 6.10 Å². The zero-order valence-corrected chi connectivity index (χ0v) is 20.8. The van der Waals surface area contributed by atoms with E-state index >= 15 is 0 Å². The number of aryl methyl sites for hydroxylation is 2. The zero-order valence-electron chi connectivity index (χ0n) is 19.9. The minimum absolute atomic E-state index is 0.126. The van der Waals surface area contributed by atoms with Gasteiger partial charge in [0.2, 0.25) is 0 Å². The van der Waals surface area contributed by atoms with Crippen molar-refractivity contribution in [3.8, 4) is 11.5 Å².